The van der Waals surface area contributed by atoms with Crippen molar-refractivity contribution in [3.8, 4) is 21.8 Å². The van der Waals surface area contributed by atoms with Crippen molar-refractivity contribution >= 4 is 45.6 Å². The van der Waals surface area contributed by atoms with E-state index in [-0.39, 0.29) is 5.91 Å². The van der Waals surface area contributed by atoms with Gasteiger partial charge in [-0.2, -0.15) is 0 Å². The maximum Gasteiger partial charge on any atom is 0.333 e. The lowest BCUT2D eigenvalue weighted by molar-refractivity contribution is -0.143. The van der Waals surface area contributed by atoms with E-state index in [1.165, 1.54) is 7.11 Å². The Bertz CT molecular complexity index is 1550. The molecule has 5 aromatic rings. The largest absolute Gasteiger partial charge is 0.467 e. The number of nitrogens with zero attached hydrogens (tertiary/aromatic N) is 1. The van der Waals surface area contributed by atoms with Crippen molar-refractivity contribution in [3.63, 3.8) is 0 Å². The topological polar surface area (TPSA) is 68.3 Å². The molecule has 5 nitrogen and oxygen atoms in total. The molecular weight excluding hydrogens is 492 g/mol. The Kier molecular flexibility index (Phi) is 6.80. The van der Waals surface area contributed by atoms with E-state index in [9.17, 15) is 9.59 Å². The number of hydrogen-bond acceptors (Lipinski definition) is 5. The summed E-state index contributed by atoms with van der Waals surface area (Å²) in [5, 5.41) is 8.17. The van der Waals surface area contributed by atoms with Crippen molar-refractivity contribution in [2.45, 2.75) is 6.04 Å². The lowest BCUT2D eigenvalue weighted by atomic mass is 10.0. The Labute approximate surface area is 217 Å². The number of methoxy groups -OCH3 is 1. The standard InChI is InChI=1S/C29H21ClN2O3S/c1-35-29(34)26(20-11-13-24(30)14-12-20)32-27(33)21-9-7-18-8-10-22(16-23(18)15-21)28-31-25(17-36-28)19-5-3-2-4-6-19/h2-17,26H,1H3,(H,32,33). The number of benzene rings is 4. The number of fused-ring (bicyclic) bond motifs is 1. The molecule has 7 heteroatoms. The molecule has 0 aliphatic carbocycles. The van der Waals surface area contributed by atoms with Gasteiger partial charge in [0.05, 0.1) is 12.8 Å². The Morgan fingerprint density at radius 1 is 0.889 bits per heavy atom. The van der Waals surface area contributed by atoms with Crippen molar-refractivity contribution < 1.29 is 14.3 Å². The molecule has 0 aliphatic rings. The number of hydrogen-bond donors (Lipinski definition) is 1. The first-order valence-corrected chi connectivity index (χ1v) is 12.5. The van der Waals surface area contributed by atoms with Gasteiger partial charge in [0, 0.05) is 27.1 Å². The van der Waals surface area contributed by atoms with E-state index in [1.54, 1.807) is 41.7 Å². The van der Waals surface area contributed by atoms with Gasteiger partial charge < -0.3 is 10.1 Å². The maximum absolute atomic E-state index is 13.1. The zero-order chi connectivity index (χ0) is 25.1. The molecule has 0 bridgehead atoms. The van der Waals surface area contributed by atoms with Gasteiger partial charge in [0.25, 0.3) is 5.91 Å². The van der Waals surface area contributed by atoms with Gasteiger partial charge >= 0.3 is 5.97 Å². The van der Waals surface area contributed by atoms with Gasteiger partial charge in [-0.1, -0.05) is 72.3 Å². The van der Waals surface area contributed by atoms with Crippen LogP contribution in [0.15, 0.2) is 96.4 Å². The summed E-state index contributed by atoms with van der Waals surface area (Å²) in [6, 6.07) is 27.3. The fourth-order valence-corrected chi connectivity index (χ4v) is 4.89. The van der Waals surface area contributed by atoms with Gasteiger partial charge in [-0.05, 0) is 46.7 Å². The van der Waals surface area contributed by atoms with Crippen LogP contribution < -0.4 is 5.32 Å². The Morgan fingerprint density at radius 3 is 2.39 bits per heavy atom. The molecule has 0 aliphatic heterocycles. The average molecular weight is 513 g/mol. The van der Waals surface area contributed by atoms with Crippen LogP contribution in [0.4, 0.5) is 0 Å². The molecule has 1 aromatic heterocycles. The lowest BCUT2D eigenvalue weighted by Crippen LogP contribution is -2.34. The normalized spacial score (nSPS) is 11.7. The average Bonchev–Trinajstić information content (AvgIpc) is 3.42. The van der Waals surface area contributed by atoms with Crippen molar-refractivity contribution in [2.24, 2.45) is 0 Å². The highest BCUT2D eigenvalue weighted by Crippen LogP contribution is 2.31. The van der Waals surface area contributed by atoms with Crippen LogP contribution in [-0.4, -0.2) is 24.0 Å². The van der Waals surface area contributed by atoms with Gasteiger partial charge in [0.1, 0.15) is 5.01 Å². The van der Waals surface area contributed by atoms with Crippen LogP contribution in [0.1, 0.15) is 22.0 Å². The number of aromatic nitrogens is 1. The Hall–Kier alpha value is -4.00. The minimum atomic E-state index is -0.950. The third kappa shape index (κ3) is 5.00. The van der Waals surface area contributed by atoms with Crippen LogP contribution in [-0.2, 0) is 9.53 Å². The fraction of sp³-hybridized carbons (Fsp3) is 0.0690. The molecule has 5 rings (SSSR count). The van der Waals surface area contributed by atoms with E-state index < -0.39 is 12.0 Å². The number of halogens is 1. The van der Waals surface area contributed by atoms with E-state index in [0.717, 1.165) is 32.6 Å². The third-order valence-corrected chi connectivity index (χ3v) is 6.98. The van der Waals surface area contributed by atoms with E-state index in [2.05, 4.69) is 5.32 Å². The molecule has 1 atom stereocenters. The zero-order valence-electron chi connectivity index (χ0n) is 19.3. The number of thiazole rings is 1. The summed E-state index contributed by atoms with van der Waals surface area (Å²) < 4.78 is 4.91. The molecule has 1 N–H and O–H groups in total. The van der Waals surface area contributed by atoms with Crippen molar-refractivity contribution in [1.29, 1.82) is 0 Å². The quantitative estimate of drug-likeness (QED) is 0.250. The number of nitrogens with one attached hydrogen (secondary N) is 1. The van der Waals surface area contributed by atoms with Crippen LogP contribution in [0.2, 0.25) is 5.02 Å². The summed E-state index contributed by atoms with van der Waals surface area (Å²) in [5.41, 5.74) is 3.99. The predicted molar refractivity (Wildman–Crippen MR) is 144 cm³/mol. The molecule has 0 saturated heterocycles. The molecule has 0 fully saturated rings. The first-order valence-electron chi connectivity index (χ1n) is 11.2. The van der Waals surface area contributed by atoms with Crippen LogP contribution in [0.5, 0.6) is 0 Å². The molecule has 1 unspecified atom stereocenters. The maximum atomic E-state index is 13.1. The number of carbonyl (C=O) groups is 2. The van der Waals surface area contributed by atoms with Gasteiger partial charge in [-0.25, -0.2) is 9.78 Å². The summed E-state index contributed by atoms with van der Waals surface area (Å²) >= 11 is 7.55. The SMILES string of the molecule is COC(=O)C(NC(=O)c1ccc2ccc(-c3nc(-c4ccccc4)cs3)cc2c1)c1ccc(Cl)cc1. The summed E-state index contributed by atoms with van der Waals surface area (Å²) in [5.74, 6) is -0.944. The van der Waals surface area contributed by atoms with E-state index in [1.807, 2.05) is 66.0 Å². The molecule has 4 aromatic carbocycles. The monoisotopic (exact) mass is 512 g/mol. The second-order valence-electron chi connectivity index (χ2n) is 8.16. The van der Waals surface area contributed by atoms with Crippen LogP contribution in [0.3, 0.4) is 0 Å². The molecule has 1 amide bonds. The van der Waals surface area contributed by atoms with Crippen LogP contribution in [0, 0.1) is 0 Å². The Morgan fingerprint density at radius 2 is 1.64 bits per heavy atom. The number of rotatable bonds is 6. The van der Waals surface area contributed by atoms with E-state index >= 15 is 0 Å². The van der Waals surface area contributed by atoms with E-state index in [0.29, 0.717) is 16.1 Å². The molecule has 178 valence electrons. The second kappa shape index (κ2) is 10.3. The summed E-state index contributed by atoms with van der Waals surface area (Å²) in [4.78, 5) is 30.3. The van der Waals surface area contributed by atoms with Crippen molar-refractivity contribution in [1.82, 2.24) is 10.3 Å². The summed E-state index contributed by atoms with van der Waals surface area (Å²) in [6.07, 6.45) is 0. The zero-order valence-corrected chi connectivity index (χ0v) is 20.8. The smallest absolute Gasteiger partial charge is 0.333 e. The number of ether oxygens (including phenoxy) is 1. The fourth-order valence-electron chi connectivity index (χ4n) is 3.93. The molecule has 0 spiro atoms. The minimum absolute atomic E-state index is 0.381. The lowest BCUT2D eigenvalue weighted by Gasteiger charge is -2.17. The number of amides is 1. The highest BCUT2D eigenvalue weighted by atomic mass is 35.5. The highest BCUT2D eigenvalue weighted by Gasteiger charge is 2.24. The Balaban J connectivity index is 1.42. The predicted octanol–water partition coefficient (Wildman–Crippen LogP) is 6.93. The van der Waals surface area contributed by atoms with Gasteiger partial charge in [0.15, 0.2) is 6.04 Å². The number of carbonyl (C=O) groups excluding carboxylic acids is 2. The van der Waals surface area contributed by atoms with Gasteiger partial charge in [-0.15, -0.1) is 11.3 Å². The summed E-state index contributed by atoms with van der Waals surface area (Å²) in [6.45, 7) is 0. The first-order chi connectivity index (χ1) is 17.5. The second-order valence-corrected chi connectivity index (χ2v) is 9.46. The molecule has 1 heterocycles. The molecule has 0 radical (unpaired) electrons. The molecule has 36 heavy (non-hydrogen) atoms. The van der Waals surface area contributed by atoms with Crippen LogP contribution >= 0.6 is 22.9 Å². The van der Waals surface area contributed by atoms with Crippen molar-refractivity contribution in [3.05, 3.63) is 113 Å². The molecular formula is C29H21ClN2O3S. The van der Waals surface area contributed by atoms with Crippen molar-refractivity contribution in [2.75, 3.05) is 7.11 Å². The van der Waals surface area contributed by atoms with Crippen LogP contribution in [0.25, 0.3) is 32.6 Å². The van der Waals surface area contributed by atoms with Gasteiger partial charge in [0.2, 0.25) is 0 Å². The third-order valence-electron chi connectivity index (χ3n) is 5.84. The summed E-state index contributed by atoms with van der Waals surface area (Å²) in [7, 11) is 1.29. The molecule has 0 saturated carbocycles. The highest BCUT2D eigenvalue weighted by molar-refractivity contribution is 7.13. The first kappa shape index (κ1) is 23.7. The van der Waals surface area contributed by atoms with Gasteiger partial charge in [-0.3, -0.25) is 4.79 Å². The minimum Gasteiger partial charge on any atom is -0.467 e. The number of esters is 1. The van der Waals surface area contributed by atoms with E-state index in [4.69, 9.17) is 21.3 Å².